The zero-order valence-corrected chi connectivity index (χ0v) is 12.4. The second-order valence-corrected chi connectivity index (χ2v) is 6.12. The van der Waals surface area contributed by atoms with Gasteiger partial charge in [-0.3, -0.25) is 4.79 Å². The molecule has 1 saturated heterocycles. The molecule has 0 saturated carbocycles. The number of aliphatic hydroxyl groups is 1. The van der Waals surface area contributed by atoms with Crippen LogP contribution in [-0.4, -0.2) is 35.1 Å². The summed E-state index contributed by atoms with van der Waals surface area (Å²) in [5.41, 5.74) is 0. The molecule has 1 N–H and O–H groups in total. The van der Waals surface area contributed by atoms with Crippen LogP contribution in [-0.2, 0) is 4.79 Å². The summed E-state index contributed by atoms with van der Waals surface area (Å²) in [6.45, 7) is 9.92. The number of β-amino-alcohol motifs (C(OH)–C–C–N with tert-alkyl or cyclic N) is 1. The molecule has 1 heterocycles. The van der Waals surface area contributed by atoms with Gasteiger partial charge in [-0.15, -0.1) is 0 Å². The van der Waals surface area contributed by atoms with Gasteiger partial charge in [0.15, 0.2) is 0 Å². The molecule has 0 aromatic heterocycles. The summed E-state index contributed by atoms with van der Waals surface area (Å²) in [5.74, 6) is 1.79. The largest absolute Gasteiger partial charge is 0.391 e. The average Bonchev–Trinajstić information content (AvgIpc) is 2.51. The van der Waals surface area contributed by atoms with Crippen LogP contribution in [0.15, 0.2) is 0 Å². The van der Waals surface area contributed by atoms with E-state index in [1.54, 1.807) is 0 Å². The number of likely N-dealkylation sites (tertiary alicyclic amines) is 1. The predicted octanol–water partition coefficient (Wildman–Crippen LogP) is 2.68. The standard InChI is InChI=1S/C15H29NO2/c1-5-12(4)14(17)10-16-9-8-13(11(2)3)6-7-15(16)18/h11-14,17H,5-10H2,1-4H3. The van der Waals surface area contributed by atoms with Gasteiger partial charge in [-0.1, -0.05) is 34.1 Å². The second-order valence-electron chi connectivity index (χ2n) is 6.12. The Kier molecular flexibility index (Phi) is 6.13. The summed E-state index contributed by atoms with van der Waals surface area (Å²) in [6, 6.07) is 0. The molecule has 3 heteroatoms. The lowest BCUT2D eigenvalue weighted by molar-refractivity contribution is -0.132. The van der Waals surface area contributed by atoms with Gasteiger partial charge in [0.25, 0.3) is 0 Å². The van der Waals surface area contributed by atoms with E-state index < -0.39 is 0 Å². The lowest BCUT2D eigenvalue weighted by atomic mass is 9.89. The van der Waals surface area contributed by atoms with Crippen LogP contribution in [0.4, 0.5) is 0 Å². The van der Waals surface area contributed by atoms with Gasteiger partial charge in [-0.25, -0.2) is 0 Å². The summed E-state index contributed by atoms with van der Waals surface area (Å²) >= 11 is 0. The SMILES string of the molecule is CCC(C)C(O)CN1CCC(C(C)C)CCC1=O. The van der Waals surface area contributed by atoms with Gasteiger partial charge in [0, 0.05) is 19.5 Å². The first kappa shape index (κ1) is 15.5. The normalized spacial score (nSPS) is 25.1. The molecule has 3 nitrogen and oxygen atoms in total. The van der Waals surface area contributed by atoms with Crippen molar-refractivity contribution in [2.45, 2.75) is 59.5 Å². The molecule has 106 valence electrons. The number of rotatable bonds is 5. The van der Waals surface area contributed by atoms with Gasteiger partial charge in [0.05, 0.1) is 6.10 Å². The van der Waals surface area contributed by atoms with Crippen LogP contribution in [0, 0.1) is 17.8 Å². The maximum atomic E-state index is 12.0. The first-order valence-corrected chi connectivity index (χ1v) is 7.41. The van der Waals surface area contributed by atoms with Crippen molar-refractivity contribution < 1.29 is 9.90 Å². The Bertz CT molecular complexity index is 265. The molecule has 1 amide bonds. The van der Waals surface area contributed by atoms with Crippen molar-refractivity contribution in [2.24, 2.45) is 17.8 Å². The number of amides is 1. The fourth-order valence-corrected chi connectivity index (χ4v) is 2.60. The van der Waals surface area contributed by atoms with Crippen LogP contribution in [0.1, 0.15) is 53.4 Å². The fourth-order valence-electron chi connectivity index (χ4n) is 2.60. The summed E-state index contributed by atoms with van der Waals surface area (Å²) < 4.78 is 0. The van der Waals surface area contributed by atoms with Crippen LogP contribution in [0.25, 0.3) is 0 Å². The highest BCUT2D eigenvalue weighted by atomic mass is 16.3. The molecular formula is C15H29NO2. The maximum Gasteiger partial charge on any atom is 0.222 e. The number of aliphatic hydroxyl groups excluding tert-OH is 1. The van der Waals surface area contributed by atoms with Crippen molar-refractivity contribution >= 4 is 5.91 Å². The molecule has 0 aliphatic carbocycles. The number of carbonyl (C=O) groups excluding carboxylic acids is 1. The third-order valence-electron chi connectivity index (χ3n) is 4.50. The van der Waals surface area contributed by atoms with Gasteiger partial charge < -0.3 is 10.0 Å². The fraction of sp³-hybridized carbons (Fsp3) is 0.933. The average molecular weight is 255 g/mol. The zero-order chi connectivity index (χ0) is 13.7. The molecule has 18 heavy (non-hydrogen) atoms. The summed E-state index contributed by atoms with van der Waals surface area (Å²) in [4.78, 5) is 13.9. The van der Waals surface area contributed by atoms with E-state index in [1.807, 2.05) is 11.8 Å². The third-order valence-corrected chi connectivity index (χ3v) is 4.50. The molecule has 1 aliphatic heterocycles. The van der Waals surface area contributed by atoms with Gasteiger partial charge in [0.2, 0.25) is 5.91 Å². The number of hydrogen-bond donors (Lipinski definition) is 1. The zero-order valence-electron chi connectivity index (χ0n) is 12.4. The summed E-state index contributed by atoms with van der Waals surface area (Å²) in [5, 5.41) is 10.1. The van der Waals surface area contributed by atoms with Crippen LogP contribution in [0.2, 0.25) is 0 Å². The van der Waals surface area contributed by atoms with E-state index in [9.17, 15) is 9.90 Å². The van der Waals surface area contributed by atoms with Crippen molar-refractivity contribution in [2.75, 3.05) is 13.1 Å². The Hall–Kier alpha value is -0.570. The van der Waals surface area contributed by atoms with E-state index in [2.05, 4.69) is 20.8 Å². The number of carbonyl (C=O) groups is 1. The molecule has 0 aromatic carbocycles. The molecule has 0 spiro atoms. The maximum absolute atomic E-state index is 12.0. The van der Waals surface area contributed by atoms with Gasteiger partial charge in [-0.05, 0) is 30.6 Å². The van der Waals surface area contributed by atoms with Crippen molar-refractivity contribution in [1.29, 1.82) is 0 Å². The quantitative estimate of drug-likeness (QED) is 0.820. The van der Waals surface area contributed by atoms with Gasteiger partial charge in [0.1, 0.15) is 0 Å². The molecule has 3 unspecified atom stereocenters. The Morgan fingerprint density at radius 1 is 1.33 bits per heavy atom. The van der Waals surface area contributed by atoms with Gasteiger partial charge in [-0.2, -0.15) is 0 Å². The van der Waals surface area contributed by atoms with E-state index in [0.29, 0.717) is 24.8 Å². The van der Waals surface area contributed by atoms with Crippen molar-refractivity contribution in [3.05, 3.63) is 0 Å². The lowest BCUT2D eigenvalue weighted by Gasteiger charge is -2.27. The molecule has 0 bridgehead atoms. The predicted molar refractivity (Wildman–Crippen MR) is 74.2 cm³/mol. The minimum atomic E-state index is -0.380. The smallest absolute Gasteiger partial charge is 0.222 e. The Morgan fingerprint density at radius 2 is 2.00 bits per heavy atom. The lowest BCUT2D eigenvalue weighted by Crippen LogP contribution is -2.39. The highest BCUT2D eigenvalue weighted by molar-refractivity contribution is 5.76. The summed E-state index contributed by atoms with van der Waals surface area (Å²) in [7, 11) is 0. The van der Waals surface area contributed by atoms with E-state index in [0.717, 1.165) is 25.8 Å². The number of hydrogen-bond acceptors (Lipinski definition) is 2. The van der Waals surface area contributed by atoms with Crippen molar-refractivity contribution in [1.82, 2.24) is 4.90 Å². The molecule has 1 aliphatic rings. The molecule has 0 radical (unpaired) electrons. The topological polar surface area (TPSA) is 40.5 Å². The molecule has 0 aromatic rings. The van der Waals surface area contributed by atoms with Crippen LogP contribution in [0.5, 0.6) is 0 Å². The minimum Gasteiger partial charge on any atom is -0.391 e. The Balaban J connectivity index is 2.53. The van der Waals surface area contributed by atoms with E-state index in [4.69, 9.17) is 0 Å². The van der Waals surface area contributed by atoms with E-state index >= 15 is 0 Å². The van der Waals surface area contributed by atoms with Crippen LogP contribution in [0.3, 0.4) is 0 Å². The van der Waals surface area contributed by atoms with E-state index in [-0.39, 0.29) is 17.9 Å². The van der Waals surface area contributed by atoms with Crippen molar-refractivity contribution in [3.63, 3.8) is 0 Å². The third kappa shape index (κ3) is 4.27. The van der Waals surface area contributed by atoms with Crippen molar-refractivity contribution in [3.8, 4) is 0 Å². The highest BCUT2D eigenvalue weighted by Gasteiger charge is 2.26. The molecule has 3 atom stereocenters. The van der Waals surface area contributed by atoms with Crippen LogP contribution >= 0.6 is 0 Å². The first-order chi connectivity index (χ1) is 8.45. The van der Waals surface area contributed by atoms with Gasteiger partial charge >= 0.3 is 0 Å². The molecular weight excluding hydrogens is 226 g/mol. The van der Waals surface area contributed by atoms with E-state index in [1.165, 1.54) is 0 Å². The second kappa shape index (κ2) is 7.13. The summed E-state index contributed by atoms with van der Waals surface area (Å²) in [6.07, 6.45) is 3.31. The van der Waals surface area contributed by atoms with Crippen LogP contribution < -0.4 is 0 Å². The number of nitrogens with zero attached hydrogens (tertiary/aromatic N) is 1. The molecule has 1 rings (SSSR count). The highest BCUT2D eigenvalue weighted by Crippen LogP contribution is 2.25. The Labute approximate surface area is 112 Å². The minimum absolute atomic E-state index is 0.223. The monoisotopic (exact) mass is 255 g/mol. The molecule has 1 fully saturated rings. The first-order valence-electron chi connectivity index (χ1n) is 7.41. The Morgan fingerprint density at radius 3 is 2.56 bits per heavy atom.